The van der Waals surface area contributed by atoms with E-state index in [-0.39, 0.29) is 64.3 Å². The summed E-state index contributed by atoms with van der Waals surface area (Å²) in [5, 5.41) is 16.8. The van der Waals surface area contributed by atoms with Gasteiger partial charge in [0.1, 0.15) is 12.1 Å². The molecule has 2 atom stereocenters. The van der Waals surface area contributed by atoms with Gasteiger partial charge in [-0.1, -0.05) is 21.6 Å². The standard InChI is InChI=1S/C6H12N2O4S2.K.H/c7-3(5(9)10)1-13-14-2-4(8)6(11)12;;/h3-4H,1-2,7-8H2,(H,9,10)(H,11,12);;/q;+1;-1/t3-,4-;;/m0../s1. The van der Waals surface area contributed by atoms with Gasteiger partial charge in [0.05, 0.1) is 0 Å². The Bertz CT molecular complexity index is 203. The fourth-order valence-corrected chi connectivity index (χ4v) is 2.61. The molecule has 0 aromatic carbocycles. The van der Waals surface area contributed by atoms with Crippen molar-refractivity contribution in [1.29, 1.82) is 0 Å². The molecule has 84 valence electrons. The van der Waals surface area contributed by atoms with Crippen molar-refractivity contribution in [3.8, 4) is 0 Å². The predicted octanol–water partition coefficient (Wildman–Crippen LogP) is -3.69. The first kappa shape index (κ1) is 18.6. The number of carbonyl (C=O) groups is 2. The van der Waals surface area contributed by atoms with Crippen LogP contribution < -0.4 is 62.9 Å². The van der Waals surface area contributed by atoms with E-state index < -0.39 is 24.0 Å². The summed E-state index contributed by atoms with van der Waals surface area (Å²) < 4.78 is 0. The Morgan fingerprint density at radius 2 is 1.33 bits per heavy atom. The summed E-state index contributed by atoms with van der Waals surface area (Å²) in [5.41, 5.74) is 10.4. The van der Waals surface area contributed by atoms with E-state index in [4.69, 9.17) is 21.7 Å². The Morgan fingerprint density at radius 1 is 1.07 bits per heavy atom. The Hall–Kier alpha value is 1.20. The smallest absolute Gasteiger partial charge is 1.00 e. The van der Waals surface area contributed by atoms with E-state index in [9.17, 15) is 9.59 Å². The van der Waals surface area contributed by atoms with Crippen LogP contribution >= 0.6 is 21.6 Å². The van der Waals surface area contributed by atoms with Crippen molar-refractivity contribution in [1.82, 2.24) is 0 Å². The zero-order chi connectivity index (χ0) is 11.1. The zero-order valence-corrected chi connectivity index (χ0v) is 13.0. The van der Waals surface area contributed by atoms with Gasteiger partial charge in [0.15, 0.2) is 0 Å². The molecule has 15 heavy (non-hydrogen) atoms. The molecule has 0 spiro atoms. The van der Waals surface area contributed by atoms with Crippen LogP contribution in [0.4, 0.5) is 0 Å². The summed E-state index contributed by atoms with van der Waals surface area (Å²) in [4.78, 5) is 20.5. The van der Waals surface area contributed by atoms with Crippen molar-refractivity contribution in [3.05, 3.63) is 0 Å². The van der Waals surface area contributed by atoms with Crippen LogP contribution in [-0.4, -0.2) is 45.7 Å². The van der Waals surface area contributed by atoms with Crippen LogP contribution in [0.15, 0.2) is 0 Å². The summed E-state index contributed by atoms with van der Waals surface area (Å²) in [5.74, 6) is -1.68. The second kappa shape index (κ2) is 10.4. The molecule has 9 heteroatoms. The molecule has 0 aromatic rings. The minimum atomic E-state index is -1.07. The fourth-order valence-electron chi connectivity index (χ4n) is 0.385. The second-order valence-electron chi connectivity index (χ2n) is 2.46. The van der Waals surface area contributed by atoms with Crippen LogP contribution in [0.1, 0.15) is 1.43 Å². The van der Waals surface area contributed by atoms with Crippen molar-refractivity contribution in [2.75, 3.05) is 11.5 Å². The van der Waals surface area contributed by atoms with Crippen LogP contribution in [0, 0.1) is 0 Å². The average molecular weight is 280 g/mol. The van der Waals surface area contributed by atoms with E-state index in [1.807, 2.05) is 0 Å². The monoisotopic (exact) mass is 280 g/mol. The Morgan fingerprint density at radius 3 is 1.53 bits per heavy atom. The molecule has 6 nitrogen and oxygen atoms in total. The van der Waals surface area contributed by atoms with E-state index in [2.05, 4.69) is 0 Å². The van der Waals surface area contributed by atoms with Gasteiger partial charge in [0.25, 0.3) is 0 Å². The summed E-state index contributed by atoms with van der Waals surface area (Å²) in [6, 6.07) is -1.85. The zero-order valence-electron chi connectivity index (χ0n) is 9.25. The van der Waals surface area contributed by atoms with Gasteiger partial charge in [-0.25, -0.2) is 0 Å². The number of nitrogens with two attached hydrogens (primary N) is 2. The first-order valence-electron chi connectivity index (χ1n) is 3.66. The van der Waals surface area contributed by atoms with Gasteiger partial charge in [0, 0.05) is 11.5 Å². The van der Waals surface area contributed by atoms with E-state index in [0.717, 1.165) is 0 Å². The molecule has 0 radical (unpaired) electrons. The molecule has 0 heterocycles. The van der Waals surface area contributed by atoms with Gasteiger partial charge in [-0.05, 0) is 0 Å². The normalized spacial score (nSPS) is 13.7. The SMILES string of the molecule is N[C@@H](CSSC[C@H](N)C(=O)O)C(=O)O.[H-].[K+]. The third kappa shape index (κ3) is 10.1. The van der Waals surface area contributed by atoms with E-state index in [0.29, 0.717) is 0 Å². The van der Waals surface area contributed by atoms with Gasteiger partial charge in [-0.15, -0.1) is 0 Å². The topological polar surface area (TPSA) is 127 Å². The van der Waals surface area contributed by atoms with Crippen molar-refractivity contribution in [2.24, 2.45) is 11.5 Å². The maximum atomic E-state index is 10.3. The van der Waals surface area contributed by atoms with Crippen molar-refractivity contribution >= 4 is 33.5 Å². The predicted molar refractivity (Wildman–Crippen MR) is 57.3 cm³/mol. The third-order valence-corrected chi connectivity index (χ3v) is 3.69. The maximum Gasteiger partial charge on any atom is 1.00 e. The quantitative estimate of drug-likeness (QED) is 0.213. The molecule has 0 amide bonds. The Balaban J connectivity index is -0.000000845. The Labute approximate surface area is 139 Å². The molecule has 0 saturated carbocycles. The summed E-state index contributed by atoms with van der Waals surface area (Å²) >= 11 is 0. The van der Waals surface area contributed by atoms with Gasteiger partial charge >= 0.3 is 63.3 Å². The second-order valence-corrected chi connectivity index (χ2v) is 5.01. The average Bonchev–Trinajstić information content (AvgIpc) is 2.11. The Kier molecular flexibility index (Phi) is 12.8. The van der Waals surface area contributed by atoms with Gasteiger partial charge < -0.3 is 23.1 Å². The fraction of sp³-hybridized carbons (Fsp3) is 0.667. The summed E-state index contributed by atoms with van der Waals surface area (Å²) in [6.07, 6.45) is 0. The molecule has 0 saturated heterocycles. The van der Waals surface area contributed by atoms with Crippen molar-refractivity contribution in [2.45, 2.75) is 12.1 Å². The van der Waals surface area contributed by atoms with Crippen LogP contribution in [0.3, 0.4) is 0 Å². The van der Waals surface area contributed by atoms with Gasteiger partial charge in [0.2, 0.25) is 0 Å². The first-order chi connectivity index (χ1) is 6.45. The number of hydrogen-bond donors (Lipinski definition) is 4. The van der Waals surface area contributed by atoms with Crippen LogP contribution in [-0.2, 0) is 9.59 Å². The molecule has 0 aliphatic carbocycles. The van der Waals surface area contributed by atoms with Crippen molar-refractivity contribution in [3.63, 3.8) is 0 Å². The van der Waals surface area contributed by atoms with Gasteiger partial charge in [-0.3, -0.25) is 9.59 Å². The van der Waals surface area contributed by atoms with Gasteiger partial charge in [-0.2, -0.15) is 0 Å². The molecule has 0 fully saturated rings. The number of rotatable bonds is 7. The first-order valence-corrected chi connectivity index (χ1v) is 6.15. The third-order valence-electron chi connectivity index (χ3n) is 1.21. The molecule has 0 rings (SSSR count). The van der Waals surface area contributed by atoms with Crippen molar-refractivity contribution < 1.29 is 72.6 Å². The van der Waals surface area contributed by atoms with E-state index in [1.54, 1.807) is 0 Å². The van der Waals surface area contributed by atoms with Crippen LogP contribution in [0.5, 0.6) is 0 Å². The summed E-state index contributed by atoms with van der Waals surface area (Å²) in [6.45, 7) is 0. The molecule has 6 N–H and O–H groups in total. The largest absolute Gasteiger partial charge is 1.00 e. The van der Waals surface area contributed by atoms with E-state index >= 15 is 0 Å². The summed E-state index contributed by atoms with van der Waals surface area (Å²) in [7, 11) is 2.41. The molecular weight excluding hydrogens is 267 g/mol. The maximum absolute atomic E-state index is 10.3. The molecule has 0 unspecified atom stereocenters. The minimum absolute atomic E-state index is 0. The molecule has 0 bridgehead atoms. The van der Waals surface area contributed by atoms with E-state index in [1.165, 1.54) is 21.6 Å². The molecular formula is C6H13KN2O4S2. The number of hydrogen-bond acceptors (Lipinski definition) is 6. The molecule has 0 aromatic heterocycles. The number of carboxylic acids is 2. The molecule has 0 aliphatic rings. The number of carboxylic acid groups (broad SMARTS) is 2. The minimum Gasteiger partial charge on any atom is -1.00 e. The molecule has 0 aliphatic heterocycles. The number of aliphatic carboxylic acids is 2. The van der Waals surface area contributed by atoms with Crippen LogP contribution in [0.25, 0.3) is 0 Å². The van der Waals surface area contributed by atoms with Crippen LogP contribution in [0.2, 0.25) is 0 Å².